The van der Waals surface area contributed by atoms with Crippen molar-refractivity contribution in [2.24, 2.45) is 17.7 Å². The minimum atomic E-state index is -0.178. The van der Waals surface area contributed by atoms with E-state index >= 15 is 0 Å². The van der Waals surface area contributed by atoms with Crippen molar-refractivity contribution < 1.29 is 9.53 Å². The van der Waals surface area contributed by atoms with Gasteiger partial charge in [-0.3, -0.25) is 10.2 Å². The van der Waals surface area contributed by atoms with Crippen LogP contribution in [0.4, 0.5) is 0 Å². The zero-order valence-electron chi connectivity index (χ0n) is 13.0. The first kappa shape index (κ1) is 16.0. The number of rotatable bonds is 5. The summed E-state index contributed by atoms with van der Waals surface area (Å²) in [4.78, 5) is 11.4. The van der Waals surface area contributed by atoms with Crippen molar-refractivity contribution in [3.63, 3.8) is 0 Å². The maximum absolute atomic E-state index is 11.4. The van der Waals surface area contributed by atoms with Crippen LogP contribution in [-0.4, -0.2) is 12.0 Å². The molecule has 0 bridgehead atoms. The molecule has 0 spiro atoms. The SMILES string of the molecule is CC1CCC(OCc2ccccc2CC(=O)NN)CC1C. The molecule has 3 N–H and O–H groups in total. The molecule has 4 nitrogen and oxygen atoms in total. The van der Waals surface area contributed by atoms with Gasteiger partial charge < -0.3 is 4.74 Å². The Hall–Kier alpha value is -1.39. The maximum Gasteiger partial charge on any atom is 0.238 e. The van der Waals surface area contributed by atoms with E-state index in [1.165, 1.54) is 6.42 Å². The fraction of sp³-hybridized carbons (Fsp3) is 0.588. The lowest BCUT2D eigenvalue weighted by atomic mass is 9.80. The summed E-state index contributed by atoms with van der Waals surface area (Å²) in [5.74, 6) is 6.50. The van der Waals surface area contributed by atoms with Crippen LogP contribution in [0.1, 0.15) is 44.2 Å². The Morgan fingerprint density at radius 1 is 1.24 bits per heavy atom. The van der Waals surface area contributed by atoms with Gasteiger partial charge in [-0.1, -0.05) is 38.1 Å². The highest BCUT2D eigenvalue weighted by Gasteiger charge is 2.25. The van der Waals surface area contributed by atoms with E-state index in [4.69, 9.17) is 10.6 Å². The third-order valence-electron chi connectivity index (χ3n) is 4.65. The highest BCUT2D eigenvalue weighted by molar-refractivity contribution is 5.78. The summed E-state index contributed by atoms with van der Waals surface area (Å²) in [6, 6.07) is 7.90. The number of hydrogen-bond donors (Lipinski definition) is 2. The molecule has 2 rings (SSSR count). The van der Waals surface area contributed by atoms with Crippen LogP contribution in [0.2, 0.25) is 0 Å². The number of carbonyl (C=O) groups excluding carboxylic acids is 1. The van der Waals surface area contributed by atoms with Gasteiger partial charge in [0.15, 0.2) is 0 Å². The molecule has 0 aromatic heterocycles. The highest BCUT2D eigenvalue weighted by atomic mass is 16.5. The van der Waals surface area contributed by atoms with E-state index in [1.807, 2.05) is 24.3 Å². The van der Waals surface area contributed by atoms with E-state index < -0.39 is 0 Å². The molecule has 1 amide bonds. The van der Waals surface area contributed by atoms with E-state index in [0.29, 0.717) is 19.1 Å². The predicted molar refractivity (Wildman–Crippen MR) is 83.2 cm³/mol. The number of amides is 1. The molecule has 3 unspecified atom stereocenters. The van der Waals surface area contributed by atoms with Crippen molar-refractivity contribution >= 4 is 5.91 Å². The standard InChI is InChI=1S/C17H26N2O2/c1-12-7-8-16(9-13(12)2)21-11-15-6-4-3-5-14(15)10-17(20)19-18/h3-6,12-13,16H,7-11,18H2,1-2H3,(H,19,20). The summed E-state index contributed by atoms with van der Waals surface area (Å²) in [6.45, 7) is 5.20. The van der Waals surface area contributed by atoms with Gasteiger partial charge in [0.2, 0.25) is 5.91 Å². The van der Waals surface area contributed by atoms with Gasteiger partial charge in [-0.2, -0.15) is 0 Å². The summed E-state index contributed by atoms with van der Waals surface area (Å²) < 4.78 is 6.08. The Kier molecular flexibility index (Phi) is 5.76. The second-order valence-electron chi connectivity index (χ2n) is 6.21. The average Bonchev–Trinajstić information content (AvgIpc) is 2.49. The molecule has 1 aliphatic carbocycles. The molecule has 0 saturated heterocycles. The van der Waals surface area contributed by atoms with Gasteiger partial charge in [-0.15, -0.1) is 0 Å². The number of nitrogens with one attached hydrogen (secondary N) is 1. The molecule has 0 aliphatic heterocycles. The topological polar surface area (TPSA) is 64.3 Å². The van der Waals surface area contributed by atoms with Crippen LogP contribution in [0.25, 0.3) is 0 Å². The number of hydrazine groups is 1. The van der Waals surface area contributed by atoms with Crippen molar-refractivity contribution in [1.29, 1.82) is 0 Å². The van der Waals surface area contributed by atoms with Gasteiger partial charge in [0.05, 0.1) is 19.1 Å². The minimum Gasteiger partial charge on any atom is -0.374 e. The fourth-order valence-corrected chi connectivity index (χ4v) is 2.95. The Labute approximate surface area is 127 Å². The first-order valence-electron chi connectivity index (χ1n) is 7.78. The van der Waals surface area contributed by atoms with E-state index in [1.54, 1.807) is 0 Å². The van der Waals surface area contributed by atoms with E-state index in [0.717, 1.165) is 35.8 Å². The molecule has 4 heteroatoms. The number of ether oxygens (including phenoxy) is 1. The fourth-order valence-electron chi connectivity index (χ4n) is 2.95. The molecule has 3 atom stereocenters. The van der Waals surface area contributed by atoms with Gasteiger partial charge >= 0.3 is 0 Å². The van der Waals surface area contributed by atoms with Crippen molar-refractivity contribution in [1.82, 2.24) is 5.43 Å². The monoisotopic (exact) mass is 290 g/mol. The lowest BCUT2D eigenvalue weighted by Crippen LogP contribution is -2.31. The highest BCUT2D eigenvalue weighted by Crippen LogP contribution is 2.31. The van der Waals surface area contributed by atoms with E-state index in [-0.39, 0.29) is 5.91 Å². The molecule has 1 aromatic carbocycles. The smallest absolute Gasteiger partial charge is 0.238 e. The average molecular weight is 290 g/mol. The molecule has 0 radical (unpaired) electrons. The Bertz CT molecular complexity index is 476. The molecule has 1 aromatic rings. The van der Waals surface area contributed by atoms with E-state index in [2.05, 4.69) is 19.3 Å². The molecule has 116 valence electrons. The molecular formula is C17H26N2O2. The Morgan fingerprint density at radius 3 is 2.62 bits per heavy atom. The van der Waals surface area contributed by atoms with Gasteiger partial charge in [-0.25, -0.2) is 5.84 Å². The van der Waals surface area contributed by atoms with Crippen LogP contribution in [0.3, 0.4) is 0 Å². The van der Waals surface area contributed by atoms with Crippen LogP contribution in [0, 0.1) is 11.8 Å². The second kappa shape index (κ2) is 7.57. The van der Waals surface area contributed by atoms with Crippen molar-refractivity contribution in [2.75, 3.05) is 0 Å². The quantitative estimate of drug-likeness (QED) is 0.497. The van der Waals surface area contributed by atoms with Crippen LogP contribution in [-0.2, 0) is 22.6 Å². The van der Waals surface area contributed by atoms with Crippen LogP contribution in [0.5, 0.6) is 0 Å². The normalized spacial score (nSPS) is 25.6. The molecule has 1 saturated carbocycles. The number of hydrogen-bond acceptors (Lipinski definition) is 3. The number of nitrogens with two attached hydrogens (primary N) is 1. The number of carbonyl (C=O) groups is 1. The third kappa shape index (κ3) is 4.55. The zero-order chi connectivity index (χ0) is 15.2. The summed E-state index contributed by atoms with van der Waals surface area (Å²) in [5, 5.41) is 0. The molecule has 1 fully saturated rings. The molecular weight excluding hydrogens is 264 g/mol. The van der Waals surface area contributed by atoms with Crippen LogP contribution < -0.4 is 11.3 Å². The summed E-state index contributed by atoms with van der Waals surface area (Å²) in [7, 11) is 0. The third-order valence-corrected chi connectivity index (χ3v) is 4.65. The lowest BCUT2D eigenvalue weighted by molar-refractivity contribution is -0.120. The minimum absolute atomic E-state index is 0.178. The first-order valence-corrected chi connectivity index (χ1v) is 7.78. The largest absolute Gasteiger partial charge is 0.374 e. The Balaban J connectivity index is 1.92. The van der Waals surface area contributed by atoms with Crippen LogP contribution >= 0.6 is 0 Å². The second-order valence-corrected chi connectivity index (χ2v) is 6.21. The zero-order valence-corrected chi connectivity index (χ0v) is 13.0. The van der Waals surface area contributed by atoms with Gasteiger partial charge in [0.1, 0.15) is 0 Å². The van der Waals surface area contributed by atoms with Gasteiger partial charge in [0.25, 0.3) is 0 Å². The summed E-state index contributed by atoms with van der Waals surface area (Å²) >= 11 is 0. The molecule has 21 heavy (non-hydrogen) atoms. The summed E-state index contributed by atoms with van der Waals surface area (Å²) in [5.41, 5.74) is 4.24. The Morgan fingerprint density at radius 2 is 1.95 bits per heavy atom. The van der Waals surface area contributed by atoms with E-state index in [9.17, 15) is 4.79 Å². The van der Waals surface area contributed by atoms with Gasteiger partial charge in [-0.05, 0) is 42.2 Å². The molecule has 1 aliphatic rings. The van der Waals surface area contributed by atoms with Crippen molar-refractivity contribution in [2.45, 2.75) is 52.2 Å². The number of benzene rings is 1. The summed E-state index contributed by atoms with van der Waals surface area (Å²) in [6.07, 6.45) is 4.15. The molecule has 0 heterocycles. The van der Waals surface area contributed by atoms with Gasteiger partial charge in [0, 0.05) is 0 Å². The van der Waals surface area contributed by atoms with Crippen LogP contribution in [0.15, 0.2) is 24.3 Å². The van der Waals surface area contributed by atoms with Crippen molar-refractivity contribution in [3.8, 4) is 0 Å². The maximum atomic E-state index is 11.4. The predicted octanol–water partition coefficient (Wildman–Crippen LogP) is 2.56. The first-order chi connectivity index (χ1) is 10.1. The lowest BCUT2D eigenvalue weighted by Gasteiger charge is -2.32. The van der Waals surface area contributed by atoms with Crippen molar-refractivity contribution in [3.05, 3.63) is 35.4 Å².